The second-order valence-corrected chi connectivity index (χ2v) is 7.46. The molecule has 0 radical (unpaired) electrons. The SMILES string of the molecule is COc1ccc(-c2cc(N3CCN(C(=O)COc4cccc(C)c4)CC3)ncn2)cc1. The number of amides is 1. The zero-order chi connectivity index (χ0) is 21.6. The third-order valence-corrected chi connectivity index (χ3v) is 5.35. The molecule has 2 heterocycles. The van der Waals surface area contributed by atoms with Crippen LogP contribution in [-0.4, -0.2) is 60.7 Å². The van der Waals surface area contributed by atoms with Gasteiger partial charge in [0.2, 0.25) is 0 Å². The smallest absolute Gasteiger partial charge is 0.260 e. The molecule has 7 heteroatoms. The van der Waals surface area contributed by atoms with Crippen molar-refractivity contribution in [3.05, 3.63) is 66.5 Å². The molecule has 0 aliphatic carbocycles. The highest BCUT2D eigenvalue weighted by Crippen LogP contribution is 2.23. The van der Waals surface area contributed by atoms with Crippen molar-refractivity contribution in [2.75, 3.05) is 44.8 Å². The van der Waals surface area contributed by atoms with Crippen LogP contribution in [0.25, 0.3) is 11.3 Å². The van der Waals surface area contributed by atoms with Crippen molar-refractivity contribution in [1.29, 1.82) is 0 Å². The van der Waals surface area contributed by atoms with Gasteiger partial charge in [0.05, 0.1) is 12.8 Å². The molecule has 3 aromatic rings. The molecule has 0 atom stereocenters. The normalized spacial score (nSPS) is 13.7. The molecule has 1 fully saturated rings. The summed E-state index contributed by atoms with van der Waals surface area (Å²) in [5.74, 6) is 2.40. The molecule has 2 aromatic carbocycles. The van der Waals surface area contributed by atoms with Crippen molar-refractivity contribution in [2.24, 2.45) is 0 Å². The van der Waals surface area contributed by atoms with E-state index in [0.29, 0.717) is 13.1 Å². The topological polar surface area (TPSA) is 67.8 Å². The molecule has 4 rings (SSSR count). The van der Waals surface area contributed by atoms with Gasteiger partial charge in [-0.3, -0.25) is 4.79 Å². The summed E-state index contributed by atoms with van der Waals surface area (Å²) in [7, 11) is 1.65. The lowest BCUT2D eigenvalue weighted by atomic mass is 10.1. The molecule has 0 unspecified atom stereocenters. The molecule has 1 aromatic heterocycles. The van der Waals surface area contributed by atoms with Crippen LogP contribution in [0.2, 0.25) is 0 Å². The Balaban J connectivity index is 1.33. The number of benzene rings is 2. The van der Waals surface area contributed by atoms with Crippen LogP contribution < -0.4 is 14.4 Å². The van der Waals surface area contributed by atoms with E-state index < -0.39 is 0 Å². The Hall–Kier alpha value is -3.61. The molecule has 7 nitrogen and oxygen atoms in total. The molecule has 1 amide bonds. The van der Waals surface area contributed by atoms with Crippen molar-refractivity contribution in [3.63, 3.8) is 0 Å². The molecular formula is C24H26N4O3. The molecule has 0 N–H and O–H groups in total. The quantitative estimate of drug-likeness (QED) is 0.613. The van der Waals surface area contributed by atoms with Crippen LogP contribution in [0.3, 0.4) is 0 Å². The molecule has 1 saturated heterocycles. The largest absolute Gasteiger partial charge is 0.497 e. The van der Waals surface area contributed by atoms with Crippen molar-refractivity contribution in [3.8, 4) is 22.8 Å². The zero-order valence-corrected chi connectivity index (χ0v) is 17.8. The van der Waals surface area contributed by atoms with Crippen LogP contribution >= 0.6 is 0 Å². The minimum absolute atomic E-state index is 0.00256. The summed E-state index contributed by atoms with van der Waals surface area (Å²) < 4.78 is 10.9. The van der Waals surface area contributed by atoms with E-state index in [0.717, 1.165) is 47.2 Å². The highest BCUT2D eigenvalue weighted by molar-refractivity contribution is 5.78. The summed E-state index contributed by atoms with van der Waals surface area (Å²) >= 11 is 0. The number of nitrogens with zero attached hydrogens (tertiary/aromatic N) is 4. The van der Waals surface area contributed by atoms with Gasteiger partial charge in [-0.05, 0) is 48.9 Å². The number of rotatable bonds is 6. The van der Waals surface area contributed by atoms with E-state index in [1.165, 1.54) is 0 Å². The monoisotopic (exact) mass is 418 g/mol. The van der Waals surface area contributed by atoms with E-state index in [1.807, 2.05) is 66.4 Å². The van der Waals surface area contributed by atoms with Gasteiger partial charge in [0.1, 0.15) is 23.6 Å². The van der Waals surface area contributed by atoms with Crippen molar-refractivity contribution >= 4 is 11.7 Å². The van der Waals surface area contributed by atoms with Crippen LogP contribution in [0.15, 0.2) is 60.9 Å². The lowest BCUT2D eigenvalue weighted by molar-refractivity contribution is -0.133. The fourth-order valence-electron chi connectivity index (χ4n) is 3.57. The zero-order valence-electron chi connectivity index (χ0n) is 17.8. The summed E-state index contributed by atoms with van der Waals surface area (Å²) in [5.41, 5.74) is 2.97. The molecular weight excluding hydrogens is 392 g/mol. The molecule has 1 aliphatic heterocycles. The maximum atomic E-state index is 12.5. The Morgan fingerprint density at radius 2 is 1.74 bits per heavy atom. The van der Waals surface area contributed by atoms with Gasteiger partial charge in [-0.2, -0.15) is 0 Å². The highest BCUT2D eigenvalue weighted by atomic mass is 16.5. The standard InChI is InChI=1S/C24H26N4O3/c1-18-4-3-5-21(14-18)31-16-24(29)28-12-10-27(11-13-28)23-15-22(25-17-26-23)19-6-8-20(30-2)9-7-19/h3-9,14-15,17H,10-13,16H2,1-2H3. The van der Waals surface area contributed by atoms with Crippen molar-refractivity contribution in [2.45, 2.75) is 6.92 Å². The van der Waals surface area contributed by atoms with Gasteiger partial charge in [0.15, 0.2) is 6.61 Å². The van der Waals surface area contributed by atoms with Gasteiger partial charge in [-0.1, -0.05) is 12.1 Å². The minimum atomic E-state index is 0.00256. The van der Waals surface area contributed by atoms with Crippen LogP contribution in [0.4, 0.5) is 5.82 Å². The fraction of sp³-hybridized carbons (Fsp3) is 0.292. The predicted molar refractivity (Wildman–Crippen MR) is 119 cm³/mol. The van der Waals surface area contributed by atoms with Crippen molar-refractivity contribution < 1.29 is 14.3 Å². The third-order valence-electron chi connectivity index (χ3n) is 5.35. The number of hydrogen-bond acceptors (Lipinski definition) is 6. The lowest BCUT2D eigenvalue weighted by Gasteiger charge is -2.35. The number of piperazine rings is 1. The Labute approximate surface area is 182 Å². The number of carbonyl (C=O) groups excluding carboxylic acids is 1. The second kappa shape index (κ2) is 9.47. The second-order valence-electron chi connectivity index (χ2n) is 7.46. The number of methoxy groups -OCH3 is 1. The average Bonchev–Trinajstić information content (AvgIpc) is 2.83. The summed E-state index contributed by atoms with van der Waals surface area (Å²) in [6, 6.07) is 17.5. The number of carbonyl (C=O) groups is 1. The first-order chi connectivity index (χ1) is 15.1. The molecule has 31 heavy (non-hydrogen) atoms. The first kappa shape index (κ1) is 20.7. The molecule has 160 valence electrons. The van der Waals surface area contributed by atoms with E-state index in [2.05, 4.69) is 14.9 Å². The Morgan fingerprint density at radius 1 is 0.968 bits per heavy atom. The van der Waals surface area contributed by atoms with Gasteiger partial charge >= 0.3 is 0 Å². The first-order valence-corrected chi connectivity index (χ1v) is 10.3. The fourth-order valence-corrected chi connectivity index (χ4v) is 3.57. The summed E-state index contributed by atoms with van der Waals surface area (Å²) in [6.45, 7) is 4.76. The average molecular weight is 418 g/mol. The van der Waals surface area contributed by atoms with Crippen molar-refractivity contribution in [1.82, 2.24) is 14.9 Å². The summed E-state index contributed by atoms with van der Waals surface area (Å²) in [5, 5.41) is 0. The Bertz CT molecular complexity index is 1030. The minimum Gasteiger partial charge on any atom is -0.497 e. The predicted octanol–water partition coefficient (Wildman–Crippen LogP) is 3.19. The van der Waals surface area contributed by atoms with Gasteiger partial charge < -0.3 is 19.3 Å². The molecule has 1 aliphatic rings. The highest BCUT2D eigenvalue weighted by Gasteiger charge is 2.22. The maximum Gasteiger partial charge on any atom is 0.260 e. The molecule has 0 spiro atoms. The van der Waals surface area contributed by atoms with Gasteiger partial charge in [0, 0.05) is 37.8 Å². The summed E-state index contributed by atoms with van der Waals surface area (Å²) in [4.78, 5) is 25.4. The maximum absolute atomic E-state index is 12.5. The Kier molecular flexibility index (Phi) is 6.31. The number of aromatic nitrogens is 2. The Morgan fingerprint density at radius 3 is 2.45 bits per heavy atom. The number of hydrogen-bond donors (Lipinski definition) is 0. The van der Waals surface area contributed by atoms with Crippen LogP contribution in [0, 0.1) is 6.92 Å². The van der Waals surface area contributed by atoms with E-state index in [-0.39, 0.29) is 12.5 Å². The van der Waals surface area contributed by atoms with Crippen LogP contribution in [0.1, 0.15) is 5.56 Å². The van der Waals surface area contributed by atoms with Gasteiger partial charge in [0.25, 0.3) is 5.91 Å². The van der Waals surface area contributed by atoms with E-state index in [4.69, 9.17) is 9.47 Å². The molecule has 0 saturated carbocycles. The van der Waals surface area contributed by atoms with E-state index >= 15 is 0 Å². The van der Waals surface area contributed by atoms with Gasteiger partial charge in [-0.25, -0.2) is 9.97 Å². The number of ether oxygens (including phenoxy) is 2. The van der Waals surface area contributed by atoms with Gasteiger partial charge in [-0.15, -0.1) is 0 Å². The number of anilines is 1. The van der Waals surface area contributed by atoms with Crippen LogP contribution in [-0.2, 0) is 4.79 Å². The summed E-state index contributed by atoms with van der Waals surface area (Å²) in [6.07, 6.45) is 1.59. The van der Waals surface area contributed by atoms with E-state index in [9.17, 15) is 4.79 Å². The third kappa shape index (κ3) is 5.12. The lowest BCUT2D eigenvalue weighted by Crippen LogP contribution is -2.50. The van der Waals surface area contributed by atoms with E-state index in [1.54, 1.807) is 13.4 Å². The number of aryl methyl sites for hydroxylation is 1. The first-order valence-electron chi connectivity index (χ1n) is 10.3. The van der Waals surface area contributed by atoms with Crippen LogP contribution in [0.5, 0.6) is 11.5 Å². The molecule has 0 bridgehead atoms.